The Morgan fingerprint density at radius 1 is 1.03 bits per heavy atom. The van der Waals surface area contributed by atoms with Crippen molar-refractivity contribution < 1.29 is 22.4 Å². The molecular formula is C20H24FN3O4S2. The second kappa shape index (κ2) is 11.1. The first kappa shape index (κ1) is 23.8. The Bertz CT molecular complexity index is 965. The normalized spacial score (nSPS) is 12.2. The van der Waals surface area contributed by atoms with Crippen LogP contribution >= 0.6 is 11.8 Å². The molecule has 0 aromatic heterocycles. The van der Waals surface area contributed by atoms with Crippen LogP contribution in [-0.4, -0.2) is 44.3 Å². The number of amides is 2. The number of halogens is 1. The van der Waals surface area contributed by atoms with Crippen LogP contribution in [0.25, 0.3) is 0 Å². The molecule has 0 saturated heterocycles. The fourth-order valence-electron chi connectivity index (χ4n) is 2.32. The van der Waals surface area contributed by atoms with E-state index in [1.807, 2.05) is 6.92 Å². The van der Waals surface area contributed by atoms with Crippen molar-refractivity contribution in [1.29, 1.82) is 0 Å². The van der Waals surface area contributed by atoms with E-state index in [1.165, 1.54) is 36.4 Å². The molecule has 0 heterocycles. The van der Waals surface area contributed by atoms with Gasteiger partial charge < -0.3 is 10.6 Å². The molecule has 7 nitrogen and oxygen atoms in total. The SMILES string of the molecule is Cc1ccc(S(=O)(=O)NCCNC(=O)C(C)SCC(=O)Nc2ccc(F)cc2)cc1. The summed E-state index contributed by atoms with van der Waals surface area (Å²) in [6.07, 6.45) is 0. The fraction of sp³-hybridized carbons (Fsp3) is 0.300. The highest BCUT2D eigenvalue weighted by Gasteiger charge is 2.16. The number of carbonyl (C=O) groups excluding carboxylic acids is 2. The molecule has 2 aromatic rings. The minimum atomic E-state index is -3.63. The van der Waals surface area contributed by atoms with Crippen LogP contribution in [0.3, 0.4) is 0 Å². The van der Waals surface area contributed by atoms with Crippen molar-refractivity contribution in [3.8, 4) is 0 Å². The smallest absolute Gasteiger partial charge is 0.240 e. The van der Waals surface area contributed by atoms with Crippen LogP contribution in [0.15, 0.2) is 53.4 Å². The maximum atomic E-state index is 12.9. The molecule has 0 fully saturated rings. The minimum absolute atomic E-state index is 0.0460. The molecule has 1 atom stereocenters. The van der Waals surface area contributed by atoms with Crippen LogP contribution in [0.1, 0.15) is 12.5 Å². The molecular weight excluding hydrogens is 429 g/mol. The Morgan fingerprint density at radius 3 is 2.30 bits per heavy atom. The van der Waals surface area contributed by atoms with E-state index in [1.54, 1.807) is 19.1 Å². The number of carbonyl (C=O) groups is 2. The molecule has 2 amide bonds. The van der Waals surface area contributed by atoms with Crippen LogP contribution in [0.2, 0.25) is 0 Å². The number of sulfonamides is 1. The van der Waals surface area contributed by atoms with Gasteiger partial charge in [0.05, 0.1) is 15.9 Å². The lowest BCUT2D eigenvalue weighted by Crippen LogP contribution is -2.38. The third kappa shape index (κ3) is 7.77. The van der Waals surface area contributed by atoms with E-state index in [0.717, 1.165) is 17.3 Å². The highest BCUT2D eigenvalue weighted by Crippen LogP contribution is 2.13. The van der Waals surface area contributed by atoms with E-state index in [9.17, 15) is 22.4 Å². The van der Waals surface area contributed by atoms with E-state index < -0.39 is 21.1 Å². The van der Waals surface area contributed by atoms with Crippen molar-refractivity contribution in [2.24, 2.45) is 0 Å². The predicted molar refractivity (Wildman–Crippen MR) is 116 cm³/mol. The van der Waals surface area contributed by atoms with E-state index in [-0.39, 0.29) is 35.6 Å². The summed E-state index contributed by atoms with van der Waals surface area (Å²) in [6, 6.07) is 11.8. The van der Waals surface area contributed by atoms with E-state index in [2.05, 4.69) is 15.4 Å². The summed E-state index contributed by atoms with van der Waals surface area (Å²) in [5.41, 5.74) is 1.43. The molecule has 1 unspecified atom stereocenters. The van der Waals surface area contributed by atoms with Gasteiger partial charge in [-0.1, -0.05) is 17.7 Å². The minimum Gasteiger partial charge on any atom is -0.354 e. The highest BCUT2D eigenvalue weighted by atomic mass is 32.2. The summed E-state index contributed by atoms with van der Waals surface area (Å²) in [6.45, 7) is 3.69. The highest BCUT2D eigenvalue weighted by molar-refractivity contribution is 8.01. The van der Waals surface area contributed by atoms with Gasteiger partial charge in [-0.2, -0.15) is 0 Å². The molecule has 2 aromatic carbocycles. The molecule has 162 valence electrons. The van der Waals surface area contributed by atoms with Gasteiger partial charge in [0.1, 0.15) is 5.82 Å². The van der Waals surface area contributed by atoms with Crippen molar-refractivity contribution in [2.75, 3.05) is 24.2 Å². The van der Waals surface area contributed by atoms with Crippen LogP contribution in [0.4, 0.5) is 10.1 Å². The van der Waals surface area contributed by atoms with E-state index in [0.29, 0.717) is 5.69 Å². The third-order valence-corrected chi connectivity index (χ3v) is 6.63. The predicted octanol–water partition coefficient (Wildman–Crippen LogP) is 2.29. The van der Waals surface area contributed by atoms with Crippen LogP contribution in [0.5, 0.6) is 0 Å². The Labute approximate surface area is 179 Å². The molecule has 0 saturated carbocycles. The second-order valence-corrected chi connectivity index (χ2v) is 9.61. The third-order valence-electron chi connectivity index (χ3n) is 4.01. The molecule has 0 aliphatic heterocycles. The molecule has 0 aliphatic rings. The van der Waals surface area contributed by atoms with E-state index in [4.69, 9.17) is 0 Å². The molecule has 10 heteroatoms. The number of anilines is 1. The maximum absolute atomic E-state index is 12.9. The molecule has 0 aliphatic carbocycles. The van der Waals surface area contributed by atoms with Crippen molar-refractivity contribution in [3.05, 3.63) is 59.9 Å². The summed E-state index contributed by atoms with van der Waals surface area (Å²) < 4.78 is 39.6. The number of nitrogens with one attached hydrogen (secondary N) is 3. The van der Waals surface area contributed by atoms with Gasteiger partial charge in [-0.25, -0.2) is 17.5 Å². The van der Waals surface area contributed by atoms with Gasteiger partial charge in [0.15, 0.2) is 0 Å². The number of hydrogen-bond acceptors (Lipinski definition) is 5. The largest absolute Gasteiger partial charge is 0.354 e. The number of aryl methyl sites for hydroxylation is 1. The van der Waals surface area contributed by atoms with E-state index >= 15 is 0 Å². The van der Waals surface area contributed by atoms with Crippen molar-refractivity contribution >= 4 is 39.3 Å². The average Bonchev–Trinajstić information content (AvgIpc) is 2.71. The molecule has 3 N–H and O–H groups in total. The topological polar surface area (TPSA) is 104 Å². The first-order valence-corrected chi connectivity index (χ1v) is 11.7. The molecule has 30 heavy (non-hydrogen) atoms. The summed E-state index contributed by atoms with van der Waals surface area (Å²) in [5, 5.41) is 4.75. The lowest BCUT2D eigenvalue weighted by molar-refractivity contribution is -0.120. The number of thioether (sulfide) groups is 1. The standard InChI is InChI=1S/C20H24FN3O4S2/c1-14-3-9-18(10-4-14)30(27,28)23-12-11-22-20(26)15(2)29-13-19(25)24-17-7-5-16(21)6-8-17/h3-10,15,23H,11-13H2,1-2H3,(H,22,26)(H,24,25). The lowest BCUT2D eigenvalue weighted by atomic mass is 10.2. The fourth-order valence-corrected chi connectivity index (χ4v) is 4.06. The summed E-state index contributed by atoms with van der Waals surface area (Å²) in [5.74, 6) is -0.957. The quantitative estimate of drug-likeness (QED) is 0.479. The Balaban J connectivity index is 1.68. The first-order chi connectivity index (χ1) is 14.2. The lowest BCUT2D eigenvalue weighted by Gasteiger charge is -2.13. The van der Waals surface area contributed by atoms with Gasteiger partial charge in [0, 0.05) is 18.8 Å². The Morgan fingerprint density at radius 2 is 1.67 bits per heavy atom. The number of rotatable bonds is 10. The van der Waals surface area contributed by atoms with Gasteiger partial charge in [-0.15, -0.1) is 11.8 Å². The van der Waals surface area contributed by atoms with Crippen molar-refractivity contribution in [3.63, 3.8) is 0 Å². The zero-order valence-corrected chi connectivity index (χ0v) is 18.3. The first-order valence-electron chi connectivity index (χ1n) is 9.18. The molecule has 0 radical (unpaired) electrons. The Hall–Kier alpha value is -2.43. The monoisotopic (exact) mass is 453 g/mol. The van der Waals surface area contributed by atoms with Crippen LogP contribution in [-0.2, 0) is 19.6 Å². The van der Waals surface area contributed by atoms with Gasteiger partial charge in [-0.3, -0.25) is 9.59 Å². The van der Waals surface area contributed by atoms with Crippen molar-refractivity contribution in [1.82, 2.24) is 10.0 Å². The molecule has 0 spiro atoms. The molecule has 2 rings (SSSR count). The summed E-state index contributed by atoms with van der Waals surface area (Å²) in [7, 11) is -3.63. The summed E-state index contributed by atoms with van der Waals surface area (Å²) >= 11 is 1.14. The van der Waals surface area contributed by atoms with Gasteiger partial charge in [0.25, 0.3) is 0 Å². The second-order valence-electron chi connectivity index (χ2n) is 6.51. The van der Waals surface area contributed by atoms with Gasteiger partial charge >= 0.3 is 0 Å². The molecule has 0 bridgehead atoms. The van der Waals surface area contributed by atoms with Crippen LogP contribution in [0, 0.1) is 12.7 Å². The zero-order valence-electron chi connectivity index (χ0n) is 16.6. The average molecular weight is 454 g/mol. The number of hydrogen-bond donors (Lipinski definition) is 3. The van der Waals surface area contributed by atoms with Gasteiger partial charge in [0.2, 0.25) is 21.8 Å². The summed E-state index contributed by atoms with van der Waals surface area (Å²) in [4.78, 5) is 24.2. The van der Waals surface area contributed by atoms with Gasteiger partial charge in [-0.05, 0) is 50.2 Å². The van der Waals surface area contributed by atoms with Crippen LogP contribution < -0.4 is 15.4 Å². The number of benzene rings is 2. The maximum Gasteiger partial charge on any atom is 0.240 e. The van der Waals surface area contributed by atoms with Crippen molar-refractivity contribution in [2.45, 2.75) is 24.0 Å². The Kier molecular flexibility index (Phi) is 8.82. The zero-order chi connectivity index (χ0) is 22.1.